The van der Waals surface area contributed by atoms with E-state index in [0.29, 0.717) is 12.6 Å². The Morgan fingerprint density at radius 3 is 1.48 bits per heavy atom. The number of rotatable bonds is 18. The third kappa shape index (κ3) is 22.0. The molecule has 0 aromatic carbocycles. The minimum atomic E-state index is 0.375. The number of methoxy groups -OCH3 is 1. The van der Waals surface area contributed by atoms with E-state index in [1.165, 1.54) is 109 Å². The molecule has 1 aliphatic rings. The van der Waals surface area contributed by atoms with Gasteiger partial charge >= 0.3 is 0 Å². The van der Waals surface area contributed by atoms with Crippen LogP contribution in [0.2, 0.25) is 0 Å². The van der Waals surface area contributed by atoms with Crippen LogP contribution in [-0.4, -0.2) is 33.0 Å². The first-order valence-electron chi connectivity index (χ1n) is 12.2. The van der Waals surface area contributed by atoms with E-state index >= 15 is 0 Å². The van der Waals surface area contributed by atoms with Gasteiger partial charge < -0.3 is 15.2 Å². The molecule has 0 amide bonds. The lowest BCUT2D eigenvalue weighted by atomic mass is 10.0. The molecular formula is C24H51NO2. The SMILES string of the molecule is CCCCCCCCCCCCCCCCCCOC.NC[C@@H]1CCCO1. The standard InChI is InChI=1S/C19H40O.C5H11NO/c1-3-4-5-6-7-8-9-10-11-12-13-14-15-16-17-18-19-20-2;6-4-5-2-1-3-7-5/h3-19H2,1-2H3;5H,1-4,6H2/t;5-/m.0/s1. The Hall–Kier alpha value is -0.120. The van der Waals surface area contributed by atoms with Crippen LogP contribution in [0.3, 0.4) is 0 Å². The zero-order chi connectivity index (χ0) is 19.8. The zero-order valence-corrected chi connectivity index (χ0v) is 18.8. The van der Waals surface area contributed by atoms with Gasteiger partial charge in [0.2, 0.25) is 0 Å². The van der Waals surface area contributed by atoms with Crippen LogP contribution in [0, 0.1) is 0 Å². The maximum absolute atomic E-state index is 5.31. The summed E-state index contributed by atoms with van der Waals surface area (Å²) in [5, 5.41) is 0. The highest BCUT2D eigenvalue weighted by Crippen LogP contribution is 2.13. The van der Waals surface area contributed by atoms with Gasteiger partial charge in [-0.15, -0.1) is 0 Å². The van der Waals surface area contributed by atoms with Crippen LogP contribution in [0.4, 0.5) is 0 Å². The molecule has 0 aromatic rings. The molecule has 3 heteroatoms. The summed E-state index contributed by atoms with van der Waals surface area (Å²) in [6, 6.07) is 0. The summed E-state index contributed by atoms with van der Waals surface area (Å²) in [5.41, 5.74) is 5.31. The van der Waals surface area contributed by atoms with Gasteiger partial charge in [-0.05, 0) is 19.3 Å². The minimum absolute atomic E-state index is 0.375. The molecule has 0 saturated carbocycles. The Kier molecular flexibility index (Phi) is 23.8. The largest absolute Gasteiger partial charge is 0.385 e. The van der Waals surface area contributed by atoms with Gasteiger partial charge in [0.15, 0.2) is 0 Å². The number of hydrogen-bond acceptors (Lipinski definition) is 3. The van der Waals surface area contributed by atoms with E-state index in [9.17, 15) is 0 Å². The summed E-state index contributed by atoms with van der Waals surface area (Å²) < 4.78 is 10.2. The highest BCUT2D eigenvalue weighted by Gasteiger charge is 2.11. The molecule has 1 saturated heterocycles. The molecule has 0 aromatic heterocycles. The van der Waals surface area contributed by atoms with Crippen LogP contribution >= 0.6 is 0 Å². The average molecular weight is 386 g/mol. The second kappa shape index (κ2) is 23.9. The van der Waals surface area contributed by atoms with Crippen molar-refractivity contribution >= 4 is 0 Å². The summed E-state index contributed by atoms with van der Waals surface area (Å²) in [6.07, 6.45) is 25.6. The Morgan fingerprint density at radius 2 is 1.19 bits per heavy atom. The monoisotopic (exact) mass is 385 g/mol. The molecule has 1 heterocycles. The fraction of sp³-hybridized carbons (Fsp3) is 1.00. The quantitative estimate of drug-likeness (QED) is 0.258. The van der Waals surface area contributed by atoms with E-state index < -0.39 is 0 Å². The van der Waals surface area contributed by atoms with Crippen molar-refractivity contribution in [3.05, 3.63) is 0 Å². The van der Waals surface area contributed by atoms with Gasteiger partial charge in [-0.3, -0.25) is 0 Å². The Morgan fingerprint density at radius 1 is 0.741 bits per heavy atom. The van der Waals surface area contributed by atoms with Gasteiger partial charge in [-0.1, -0.05) is 103 Å². The lowest BCUT2D eigenvalue weighted by Gasteiger charge is -2.03. The van der Waals surface area contributed by atoms with Crippen LogP contribution in [-0.2, 0) is 9.47 Å². The number of nitrogens with two attached hydrogens (primary N) is 1. The molecule has 2 N–H and O–H groups in total. The van der Waals surface area contributed by atoms with E-state index in [2.05, 4.69) is 6.92 Å². The molecule has 0 spiro atoms. The van der Waals surface area contributed by atoms with Crippen molar-refractivity contribution < 1.29 is 9.47 Å². The van der Waals surface area contributed by atoms with E-state index in [1.807, 2.05) is 0 Å². The van der Waals surface area contributed by atoms with E-state index in [1.54, 1.807) is 7.11 Å². The highest BCUT2D eigenvalue weighted by atomic mass is 16.5. The van der Waals surface area contributed by atoms with Gasteiger partial charge in [-0.2, -0.15) is 0 Å². The zero-order valence-electron chi connectivity index (χ0n) is 18.8. The summed E-state index contributed by atoms with van der Waals surface area (Å²) in [7, 11) is 1.80. The molecule has 3 nitrogen and oxygen atoms in total. The second-order valence-corrected chi connectivity index (χ2v) is 8.17. The molecule has 1 atom stereocenters. The van der Waals surface area contributed by atoms with Crippen LogP contribution in [0.1, 0.15) is 122 Å². The molecule has 1 fully saturated rings. The number of hydrogen-bond donors (Lipinski definition) is 1. The van der Waals surface area contributed by atoms with Crippen LogP contribution in [0.15, 0.2) is 0 Å². The molecule has 1 rings (SSSR count). The van der Waals surface area contributed by atoms with Crippen molar-refractivity contribution in [3.8, 4) is 0 Å². The fourth-order valence-corrected chi connectivity index (χ4v) is 3.62. The summed E-state index contributed by atoms with van der Waals surface area (Å²) in [6.45, 7) is 4.85. The molecule has 0 aliphatic carbocycles. The molecule has 164 valence electrons. The Bertz CT molecular complexity index is 237. The van der Waals surface area contributed by atoms with Crippen LogP contribution in [0.5, 0.6) is 0 Å². The van der Waals surface area contributed by atoms with Gasteiger partial charge in [0.1, 0.15) is 0 Å². The highest BCUT2D eigenvalue weighted by molar-refractivity contribution is 4.63. The molecule has 27 heavy (non-hydrogen) atoms. The maximum Gasteiger partial charge on any atom is 0.0698 e. The smallest absolute Gasteiger partial charge is 0.0698 e. The molecular weight excluding hydrogens is 334 g/mol. The third-order valence-corrected chi connectivity index (χ3v) is 5.49. The first-order valence-corrected chi connectivity index (χ1v) is 12.2. The van der Waals surface area contributed by atoms with Crippen molar-refractivity contribution in [1.29, 1.82) is 0 Å². The topological polar surface area (TPSA) is 44.5 Å². The normalized spacial score (nSPS) is 16.3. The predicted octanol–water partition coefficient (Wildman–Crippen LogP) is 7.02. The lowest BCUT2D eigenvalue weighted by Crippen LogP contribution is -2.17. The lowest BCUT2D eigenvalue weighted by molar-refractivity contribution is 0.117. The minimum Gasteiger partial charge on any atom is -0.385 e. The van der Waals surface area contributed by atoms with E-state index in [0.717, 1.165) is 19.6 Å². The van der Waals surface area contributed by atoms with Crippen LogP contribution < -0.4 is 5.73 Å². The average Bonchev–Trinajstić information content (AvgIpc) is 3.22. The molecule has 0 unspecified atom stereocenters. The molecule has 1 aliphatic heterocycles. The van der Waals surface area contributed by atoms with E-state index in [4.69, 9.17) is 15.2 Å². The van der Waals surface area contributed by atoms with Crippen LogP contribution in [0.25, 0.3) is 0 Å². The first kappa shape index (κ1) is 26.9. The van der Waals surface area contributed by atoms with Gasteiger partial charge in [0.25, 0.3) is 0 Å². The van der Waals surface area contributed by atoms with E-state index in [-0.39, 0.29) is 0 Å². The number of ether oxygens (including phenoxy) is 2. The first-order chi connectivity index (χ1) is 13.3. The Balaban J connectivity index is 0.000000797. The van der Waals surface area contributed by atoms with Crippen molar-refractivity contribution in [2.45, 2.75) is 129 Å². The van der Waals surface area contributed by atoms with Crippen molar-refractivity contribution in [1.82, 2.24) is 0 Å². The number of unbranched alkanes of at least 4 members (excludes halogenated alkanes) is 15. The Labute approximate surface area is 171 Å². The van der Waals surface area contributed by atoms with Crippen molar-refractivity contribution in [3.63, 3.8) is 0 Å². The second-order valence-electron chi connectivity index (χ2n) is 8.17. The van der Waals surface area contributed by atoms with Crippen molar-refractivity contribution in [2.24, 2.45) is 5.73 Å². The molecule has 0 bridgehead atoms. The van der Waals surface area contributed by atoms with Crippen molar-refractivity contribution in [2.75, 3.05) is 26.9 Å². The summed E-state index contributed by atoms with van der Waals surface area (Å²) in [5.74, 6) is 0. The predicted molar refractivity (Wildman–Crippen MR) is 119 cm³/mol. The summed E-state index contributed by atoms with van der Waals surface area (Å²) >= 11 is 0. The van der Waals surface area contributed by atoms with Gasteiger partial charge in [0.05, 0.1) is 6.10 Å². The van der Waals surface area contributed by atoms with Gasteiger partial charge in [-0.25, -0.2) is 0 Å². The molecule has 0 radical (unpaired) electrons. The fourth-order valence-electron chi connectivity index (χ4n) is 3.62. The van der Waals surface area contributed by atoms with Gasteiger partial charge in [0, 0.05) is 26.9 Å². The maximum atomic E-state index is 5.31. The summed E-state index contributed by atoms with van der Waals surface area (Å²) in [4.78, 5) is 0. The third-order valence-electron chi connectivity index (χ3n) is 5.49.